The molecule has 0 saturated heterocycles. The predicted octanol–water partition coefficient (Wildman–Crippen LogP) is 2.86. The third-order valence-corrected chi connectivity index (χ3v) is 7.12. The molecule has 3 aliphatic carbocycles. The lowest BCUT2D eigenvalue weighted by molar-refractivity contribution is -0.164. The van der Waals surface area contributed by atoms with Gasteiger partial charge in [0, 0.05) is 29.7 Å². The predicted molar refractivity (Wildman–Crippen MR) is 112 cm³/mol. The second-order valence-electron chi connectivity index (χ2n) is 9.02. The van der Waals surface area contributed by atoms with Crippen LogP contribution in [-0.4, -0.2) is 44.5 Å². The highest BCUT2D eigenvalue weighted by atomic mass is 35.5. The number of pyridine rings is 1. The fraction of sp³-hybridized carbons (Fsp3) is 0.409. The fourth-order valence-corrected chi connectivity index (χ4v) is 5.47. The maximum absolute atomic E-state index is 13.8. The molecular formula is C22H20ClFN4O4. The van der Waals surface area contributed by atoms with Gasteiger partial charge in [0.1, 0.15) is 22.6 Å². The summed E-state index contributed by atoms with van der Waals surface area (Å²) in [4.78, 5) is 17.3. The highest BCUT2D eigenvalue weighted by molar-refractivity contribution is 6.30. The first-order valence-electron chi connectivity index (χ1n) is 10.4. The summed E-state index contributed by atoms with van der Waals surface area (Å²) >= 11 is 5.80. The summed E-state index contributed by atoms with van der Waals surface area (Å²) in [6.07, 6.45) is 2.42. The lowest BCUT2D eigenvalue weighted by atomic mass is 9.44. The van der Waals surface area contributed by atoms with Gasteiger partial charge in [0.05, 0.1) is 30.0 Å². The number of ether oxygens (including phenoxy) is 2. The van der Waals surface area contributed by atoms with E-state index in [0.29, 0.717) is 11.4 Å². The van der Waals surface area contributed by atoms with Gasteiger partial charge in [0.15, 0.2) is 6.10 Å². The van der Waals surface area contributed by atoms with E-state index >= 15 is 0 Å². The number of halogens is 2. The molecular weight excluding hydrogens is 439 g/mol. The summed E-state index contributed by atoms with van der Waals surface area (Å²) in [5.74, 6) is -0.281. The third-order valence-electron chi connectivity index (χ3n) is 6.83. The fourth-order valence-electron chi connectivity index (χ4n) is 5.30. The number of methoxy groups -OCH3 is 1. The zero-order valence-electron chi connectivity index (χ0n) is 17.1. The van der Waals surface area contributed by atoms with Crippen molar-refractivity contribution in [1.82, 2.24) is 20.1 Å². The molecule has 1 amide bonds. The highest BCUT2D eigenvalue weighted by Crippen LogP contribution is 2.65. The van der Waals surface area contributed by atoms with Crippen LogP contribution in [0.1, 0.15) is 37.4 Å². The molecule has 3 fully saturated rings. The Hall–Kier alpha value is -2.91. The van der Waals surface area contributed by atoms with E-state index in [2.05, 4.69) is 15.4 Å². The number of hydrogen-bond acceptors (Lipinski definition) is 6. The van der Waals surface area contributed by atoms with Crippen LogP contribution in [0.5, 0.6) is 11.6 Å². The Morgan fingerprint density at radius 3 is 2.88 bits per heavy atom. The molecule has 10 heteroatoms. The van der Waals surface area contributed by atoms with Crippen LogP contribution in [0.3, 0.4) is 0 Å². The Balaban J connectivity index is 1.14. The molecule has 3 saturated carbocycles. The number of aliphatic hydroxyl groups is 1. The Kier molecular flexibility index (Phi) is 4.04. The van der Waals surface area contributed by atoms with E-state index in [1.165, 1.54) is 6.07 Å². The first-order chi connectivity index (χ1) is 15.3. The number of nitrogens with one attached hydrogen (secondary N) is 1. The quantitative estimate of drug-likeness (QED) is 0.624. The molecule has 0 radical (unpaired) electrons. The van der Waals surface area contributed by atoms with Crippen LogP contribution in [0, 0.1) is 5.82 Å². The number of aromatic nitrogens is 3. The van der Waals surface area contributed by atoms with Gasteiger partial charge in [-0.2, -0.15) is 5.10 Å². The summed E-state index contributed by atoms with van der Waals surface area (Å²) in [6, 6.07) is 6.11. The van der Waals surface area contributed by atoms with Crippen LogP contribution < -0.4 is 14.8 Å². The molecule has 3 aromatic rings. The number of fused-ring (bicyclic) bond motifs is 2. The second-order valence-corrected chi connectivity index (χ2v) is 9.43. The van der Waals surface area contributed by atoms with Gasteiger partial charge >= 0.3 is 0 Å². The molecule has 32 heavy (non-hydrogen) atoms. The van der Waals surface area contributed by atoms with Gasteiger partial charge in [0.2, 0.25) is 5.88 Å². The van der Waals surface area contributed by atoms with Crippen molar-refractivity contribution in [2.24, 2.45) is 0 Å². The SMILES string of the molecule is COc1ccc2nn(C34CC(NC(=O)[C@H]5C[C@@H](O)c6cc(Cl)c(F)cc6O5)(C3)C4)cc2n1. The molecule has 8 nitrogen and oxygen atoms in total. The number of rotatable bonds is 4. The lowest BCUT2D eigenvalue weighted by Crippen LogP contribution is -2.79. The van der Waals surface area contributed by atoms with E-state index in [0.717, 1.165) is 36.4 Å². The third kappa shape index (κ3) is 2.80. The molecule has 2 aromatic heterocycles. The van der Waals surface area contributed by atoms with Gasteiger partial charge < -0.3 is 19.9 Å². The first-order valence-corrected chi connectivity index (χ1v) is 10.7. The van der Waals surface area contributed by atoms with E-state index in [1.807, 2.05) is 16.9 Å². The van der Waals surface area contributed by atoms with Crippen molar-refractivity contribution in [1.29, 1.82) is 0 Å². The summed E-state index contributed by atoms with van der Waals surface area (Å²) in [7, 11) is 1.57. The van der Waals surface area contributed by atoms with Gasteiger partial charge in [-0.05, 0) is 31.4 Å². The van der Waals surface area contributed by atoms with Crippen LogP contribution >= 0.6 is 11.6 Å². The standard InChI is InChI=1S/C22H20ClFN4O4/c1-31-19-3-2-14-15(25-19)7-28(27-14)22-8-21(9-22,10-22)26-20(30)18-6-16(29)11-4-12(23)13(24)5-17(11)32-18/h2-5,7,16,18,29H,6,8-10H2,1H3,(H,26,30)/t16-,18-,21?,22?/m1/s1. The molecule has 7 rings (SSSR count). The van der Waals surface area contributed by atoms with Crippen molar-refractivity contribution in [3.05, 3.63) is 46.9 Å². The van der Waals surface area contributed by atoms with Crippen molar-refractivity contribution in [2.75, 3.05) is 7.11 Å². The second kappa shape index (κ2) is 6.55. The van der Waals surface area contributed by atoms with Gasteiger partial charge in [0.25, 0.3) is 5.91 Å². The average molecular weight is 459 g/mol. The average Bonchev–Trinajstić information content (AvgIpc) is 3.13. The van der Waals surface area contributed by atoms with Crippen molar-refractivity contribution in [2.45, 2.75) is 49.0 Å². The maximum atomic E-state index is 13.8. The van der Waals surface area contributed by atoms with E-state index in [9.17, 15) is 14.3 Å². The van der Waals surface area contributed by atoms with Gasteiger partial charge in [-0.3, -0.25) is 9.48 Å². The van der Waals surface area contributed by atoms with E-state index in [1.54, 1.807) is 13.2 Å². The largest absolute Gasteiger partial charge is 0.481 e. The number of benzene rings is 1. The van der Waals surface area contributed by atoms with Gasteiger partial charge in [-0.15, -0.1) is 0 Å². The molecule has 2 bridgehead atoms. The molecule has 0 spiro atoms. The molecule has 1 aromatic carbocycles. The maximum Gasteiger partial charge on any atom is 0.261 e. The van der Waals surface area contributed by atoms with Crippen LogP contribution in [0.2, 0.25) is 5.02 Å². The minimum absolute atomic E-state index is 0.0834. The van der Waals surface area contributed by atoms with E-state index < -0.39 is 18.0 Å². The molecule has 166 valence electrons. The monoisotopic (exact) mass is 458 g/mol. The minimum atomic E-state index is -0.951. The Labute approximate surface area is 187 Å². The van der Waals surface area contributed by atoms with Crippen LogP contribution in [-0.2, 0) is 10.3 Å². The molecule has 1 aliphatic heterocycles. The van der Waals surface area contributed by atoms with Crippen LogP contribution in [0.4, 0.5) is 4.39 Å². The molecule has 4 aliphatic rings. The summed E-state index contributed by atoms with van der Waals surface area (Å²) in [5.41, 5.74) is 1.52. The normalized spacial score (nSPS) is 30.0. The first kappa shape index (κ1) is 19.8. The highest BCUT2D eigenvalue weighted by Gasteiger charge is 2.70. The Morgan fingerprint density at radius 2 is 2.12 bits per heavy atom. The number of carbonyl (C=O) groups excluding carboxylic acids is 1. The number of carbonyl (C=O) groups is 1. The summed E-state index contributed by atoms with van der Waals surface area (Å²) in [6.45, 7) is 0. The smallest absolute Gasteiger partial charge is 0.261 e. The lowest BCUT2D eigenvalue weighted by Gasteiger charge is -2.70. The number of aliphatic hydroxyl groups excluding tert-OH is 1. The zero-order valence-corrected chi connectivity index (χ0v) is 17.9. The van der Waals surface area contributed by atoms with Crippen molar-refractivity contribution < 1.29 is 23.8 Å². The Morgan fingerprint density at radius 1 is 1.34 bits per heavy atom. The summed E-state index contributed by atoms with van der Waals surface area (Å²) in [5, 5.41) is 18.0. The topological polar surface area (TPSA) is 98.5 Å². The zero-order chi connectivity index (χ0) is 22.3. The number of nitrogens with zero attached hydrogens (tertiary/aromatic N) is 3. The van der Waals surface area contributed by atoms with Crippen molar-refractivity contribution in [3.8, 4) is 11.6 Å². The minimum Gasteiger partial charge on any atom is -0.481 e. The van der Waals surface area contributed by atoms with E-state index in [-0.39, 0.29) is 34.2 Å². The summed E-state index contributed by atoms with van der Waals surface area (Å²) < 4.78 is 26.6. The van der Waals surface area contributed by atoms with E-state index in [4.69, 9.17) is 21.1 Å². The van der Waals surface area contributed by atoms with Crippen molar-refractivity contribution >= 4 is 28.5 Å². The van der Waals surface area contributed by atoms with Crippen LogP contribution in [0.15, 0.2) is 30.5 Å². The van der Waals surface area contributed by atoms with Gasteiger partial charge in [-0.1, -0.05) is 11.6 Å². The number of amides is 1. The molecule has 3 heterocycles. The molecule has 2 atom stereocenters. The van der Waals surface area contributed by atoms with Crippen molar-refractivity contribution in [3.63, 3.8) is 0 Å². The number of hydrogen-bond donors (Lipinski definition) is 2. The Bertz CT molecular complexity index is 1260. The molecule has 0 unspecified atom stereocenters. The molecule has 2 N–H and O–H groups in total. The van der Waals surface area contributed by atoms with Gasteiger partial charge in [-0.25, -0.2) is 9.37 Å². The van der Waals surface area contributed by atoms with Crippen LogP contribution in [0.25, 0.3) is 11.0 Å².